The molecular formula is C23H32N4O3. The Balaban J connectivity index is 1.61. The first-order valence-electron chi connectivity index (χ1n) is 10.7. The van der Waals surface area contributed by atoms with E-state index in [4.69, 9.17) is 4.74 Å². The second-order valence-electron chi connectivity index (χ2n) is 8.20. The average molecular weight is 413 g/mol. The number of carbonyl (C=O) groups excluding carboxylic acids is 2. The van der Waals surface area contributed by atoms with Gasteiger partial charge in [0, 0.05) is 24.7 Å². The molecule has 162 valence electrons. The molecule has 1 aromatic carbocycles. The van der Waals surface area contributed by atoms with Crippen molar-refractivity contribution < 1.29 is 14.3 Å². The third kappa shape index (κ3) is 5.27. The fourth-order valence-electron chi connectivity index (χ4n) is 4.03. The van der Waals surface area contributed by atoms with Crippen molar-refractivity contribution in [3.8, 4) is 5.69 Å². The number of piperidine rings is 1. The van der Waals surface area contributed by atoms with Crippen LogP contribution in [-0.2, 0) is 4.74 Å². The number of hydrogen-bond acceptors (Lipinski definition) is 5. The van der Waals surface area contributed by atoms with E-state index in [1.807, 2.05) is 19.1 Å². The van der Waals surface area contributed by atoms with E-state index < -0.39 is 0 Å². The summed E-state index contributed by atoms with van der Waals surface area (Å²) in [6, 6.07) is 7.32. The Bertz CT molecular complexity index is 875. The average Bonchev–Trinajstić information content (AvgIpc) is 3.09. The van der Waals surface area contributed by atoms with Crippen LogP contribution in [0.4, 0.5) is 0 Å². The van der Waals surface area contributed by atoms with Crippen LogP contribution in [0.25, 0.3) is 5.69 Å². The maximum absolute atomic E-state index is 12.6. The highest BCUT2D eigenvalue weighted by Crippen LogP contribution is 2.17. The Labute approximate surface area is 178 Å². The van der Waals surface area contributed by atoms with Crippen LogP contribution in [0.1, 0.15) is 60.0 Å². The summed E-state index contributed by atoms with van der Waals surface area (Å²) in [6.07, 6.45) is 4.03. The summed E-state index contributed by atoms with van der Waals surface area (Å²) in [5.74, 6) is 0.266. The summed E-state index contributed by atoms with van der Waals surface area (Å²) in [5.41, 5.74) is 2.54. The molecule has 7 heteroatoms. The summed E-state index contributed by atoms with van der Waals surface area (Å²) >= 11 is 0. The van der Waals surface area contributed by atoms with Crippen molar-refractivity contribution in [3.05, 3.63) is 47.3 Å². The SMILES string of the molecule is CCOC(=O)c1cnn(-c2ccc(C(=O)NC(C)CN3CCCC(C)C3)cc2)c1C. The van der Waals surface area contributed by atoms with Crippen LogP contribution >= 0.6 is 0 Å². The van der Waals surface area contributed by atoms with Gasteiger partial charge in [-0.3, -0.25) is 4.79 Å². The first-order valence-corrected chi connectivity index (χ1v) is 10.7. The third-order valence-corrected chi connectivity index (χ3v) is 5.53. The van der Waals surface area contributed by atoms with Crippen molar-refractivity contribution in [2.75, 3.05) is 26.2 Å². The van der Waals surface area contributed by atoms with Crippen LogP contribution in [-0.4, -0.2) is 58.8 Å². The number of nitrogens with one attached hydrogen (secondary N) is 1. The maximum Gasteiger partial charge on any atom is 0.341 e. The highest BCUT2D eigenvalue weighted by molar-refractivity contribution is 5.94. The van der Waals surface area contributed by atoms with Gasteiger partial charge >= 0.3 is 5.97 Å². The van der Waals surface area contributed by atoms with Crippen molar-refractivity contribution in [2.45, 2.75) is 46.6 Å². The zero-order valence-corrected chi connectivity index (χ0v) is 18.4. The molecule has 0 aliphatic carbocycles. The molecule has 0 spiro atoms. The molecule has 1 amide bonds. The standard InChI is InChI=1S/C23H32N4O3/c1-5-30-23(29)21-13-24-27(18(21)4)20-10-8-19(9-11-20)22(28)25-17(3)15-26-12-6-7-16(2)14-26/h8-11,13,16-17H,5-7,12,14-15H2,1-4H3,(H,25,28). The molecule has 1 aliphatic rings. The Hall–Kier alpha value is -2.67. The van der Waals surface area contributed by atoms with Crippen LogP contribution in [0.5, 0.6) is 0 Å². The van der Waals surface area contributed by atoms with Crippen molar-refractivity contribution >= 4 is 11.9 Å². The van der Waals surface area contributed by atoms with E-state index in [0.29, 0.717) is 23.4 Å². The Kier molecular flexibility index (Phi) is 7.26. The number of ether oxygens (including phenoxy) is 1. The fraction of sp³-hybridized carbons (Fsp3) is 0.522. The first-order chi connectivity index (χ1) is 14.4. The van der Waals surface area contributed by atoms with Gasteiger partial charge in [0.25, 0.3) is 5.91 Å². The Morgan fingerprint density at radius 3 is 2.70 bits per heavy atom. The number of benzene rings is 1. The van der Waals surface area contributed by atoms with Gasteiger partial charge in [-0.25, -0.2) is 9.48 Å². The largest absolute Gasteiger partial charge is 0.462 e. The molecule has 0 radical (unpaired) electrons. The molecule has 0 saturated carbocycles. The minimum Gasteiger partial charge on any atom is -0.462 e. The van der Waals surface area contributed by atoms with Gasteiger partial charge in [-0.05, 0) is 70.3 Å². The van der Waals surface area contributed by atoms with Crippen LogP contribution in [0, 0.1) is 12.8 Å². The van der Waals surface area contributed by atoms with Crippen molar-refractivity contribution in [3.63, 3.8) is 0 Å². The highest BCUT2D eigenvalue weighted by atomic mass is 16.5. The van der Waals surface area contributed by atoms with Gasteiger partial charge in [0.15, 0.2) is 0 Å². The molecule has 2 aromatic rings. The predicted octanol–water partition coefficient (Wildman–Crippen LogP) is 3.21. The van der Waals surface area contributed by atoms with Crippen molar-refractivity contribution in [1.29, 1.82) is 0 Å². The van der Waals surface area contributed by atoms with Gasteiger partial charge in [0.1, 0.15) is 5.56 Å². The maximum atomic E-state index is 12.6. The second-order valence-corrected chi connectivity index (χ2v) is 8.20. The smallest absolute Gasteiger partial charge is 0.341 e. The summed E-state index contributed by atoms with van der Waals surface area (Å²) in [6.45, 7) is 11.3. The zero-order chi connectivity index (χ0) is 21.7. The molecule has 0 bridgehead atoms. The molecule has 7 nitrogen and oxygen atoms in total. The van der Waals surface area contributed by atoms with Gasteiger partial charge in [-0.15, -0.1) is 0 Å². The number of carbonyl (C=O) groups is 2. The Morgan fingerprint density at radius 1 is 1.30 bits per heavy atom. The lowest BCUT2D eigenvalue weighted by atomic mass is 10.00. The van der Waals surface area contributed by atoms with Crippen LogP contribution in [0.2, 0.25) is 0 Å². The number of esters is 1. The quantitative estimate of drug-likeness (QED) is 0.707. The van der Waals surface area contributed by atoms with Crippen LogP contribution in [0.3, 0.4) is 0 Å². The van der Waals surface area contributed by atoms with E-state index in [2.05, 4.69) is 29.2 Å². The number of hydrogen-bond donors (Lipinski definition) is 1. The second kappa shape index (κ2) is 9.89. The fourth-order valence-corrected chi connectivity index (χ4v) is 4.03. The summed E-state index contributed by atoms with van der Waals surface area (Å²) in [7, 11) is 0. The molecule has 3 rings (SSSR count). The van der Waals surface area contributed by atoms with E-state index in [1.54, 1.807) is 23.7 Å². The molecule has 2 atom stereocenters. The number of amides is 1. The topological polar surface area (TPSA) is 76.5 Å². The summed E-state index contributed by atoms with van der Waals surface area (Å²) in [5, 5.41) is 7.39. The molecule has 2 heterocycles. The first kappa shape index (κ1) is 22.0. The zero-order valence-electron chi connectivity index (χ0n) is 18.4. The molecule has 1 saturated heterocycles. The molecule has 1 N–H and O–H groups in total. The number of rotatable bonds is 7. The summed E-state index contributed by atoms with van der Waals surface area (Å²) in [4.78, 5) is 27.0. The normalized spacial score (nSPS) is 18.1. The van der Waals surface area contributed by atoms with Crippen molar-refractivity contribution in [2.24, 2.45) is 5.92 Å². The molecule has 30 heavy (non-hydrogen) atoms. The van der Waals surface area contributed by atoms with E-state index in [1.165, 1.54) is 19.0 Å². The van der Waals surface area contributed by atoms with E-state index in [9.17, 15) is 9.59 Å². The lowest BCUT2D eigenvalue weighted by molar-refractivity contribution is 0.0525. The number of likely N-dealkylation sites (tertiary alicyclic amines) is 1. The van der Waals surface area contributed by atoms with Gasteiger partial charge in [0.05, 0.1) is 24.2 Å². The van der Waals surface area contributed by atoms with Crippen LogP contribution in [0.15, 0.2) is 30.5 Å². The van der Waals surface area contributed by atoms with E-state index in [0.717, 1.165) is 31.2 Å². The monoisotopic (exact) mass is 412 g/mol. The number of nitrogens with zero attached hydrogens (tertiary/aromatic N) is 3. The lowest BCUT2D eigenvalue weighted by Crippen LogP contribution is -2.45. The minimum absolute atomic E-state index is 0.0801. The molecule has 1 aromatic heterocycles. The van der Waals surface area contributed by atoms with Gasteiger partial charge in [-0.2, -0.15) is 5.10 Å². The molecule has 2 unspecified atom stereocenters. The molecule has 1 aliphatic heterocycles. The van der Waals surface area contributed by atoms with Crippen LogP contribution < -0.4 is 5.32 Å². The minimum atomic E-state index is -0.380. The van der Waals surface area contributed by atoms with E-state index in [-0.39, 0.29) is 17.9 Å². The highest BCUT2D eigenvalue weighted by Gasteiger charge is 2.20. The van der Waals surface area contributed by atoms with E-state index >= 15 is 0 Å². The van der Waals surface area contributed by atoms with Gasteiger partial charge in [-0.1, -0.05) is 6.92 Å². The van der Waals surface area contributed by atoms with Crippen molar-refractivity contribution in [1.82, 2.24) is 20.0 Å². The Morgan fingerprint density at radius 2 is 2.03 bits per heavy atom. The third-order valence-electron chi connectivity index (χ3n) is 5.53. The number of aromatic nitrogens is 2. The van der Waals surface area contributed by atoms with Gasteiger partial charge in [0.2, 0.25) is 0 Å². The summed E-state index contributed by atoms with van der Waals surface area (Å²) < 4.78 is 6.73. The lowest BCUT2D eigenvalue weighted by Gasteiger charge is -2.32. The molecular weight excluding hydrogens is 380 g/mol. The predicted molar refractivity (Wildman–Crippen MR) is 116 cm³/mol. The van der Waals surface area contributed by atoms with Gasteiger partial charge < -0.3 is 15.0 Å². The molecule has 1 fully saturated rings.